The van der Waals surface area contributed by atoms with Crippen molar-refractivity contribution in [1.29, 1.82) is 0 Å². The topological polar surface area (TPSA) is 3.88 Å². The number of nitrogens with zero attached hydrogens (tertiary/aromatic N) is 1. The third-order valence-corrected chi connectivity index (χ3v) is 2.11. The average molecular weight is 162 g/mol. The molecular formula is C11H16N+. The highest BCUT2D eigenvalue weighted by Gasteiger charge is 2.03. The fourth-order valence-electron chi connectivity index (χ4n) is 1.27. The molecule has 0 amide bonds. The van der Waals surface area contributed by atoms with Gasteiger partial charge in [-0.1, -0.05) is 12.2 Å². The van der Waals surface area contributed by atoms with Crippen molar-refractivity contribution in [2.24, 2.45) is 7.05 Å². The van der Waals surface area contributed by atoms with Crippen molar-refractivity contribution in [2.45, 2.75) is 20.8 Å². The smallest absolute Gasteiger partial charge is 0.178 e. The summed E-state index contributed by atoms with van der Waals surface area (Å²) in [6.45, 7) is 6.29. The van der Waals surface area contributed by atoms with E-state index in [4.69, 9.17) is 0 Å². The summed E-state index contributed by atoms with van der Waals surface area (Å²) in [6, 6.07) is 2.20. The van der Waals surface area contributed by atoms with Crippen molar-refractivity contribution >= 4 is 6.08 Å². The number of aryl methyl sites for hydroxylation is 3. The Kier molecular flexibility index (Phi) is 2.64. The Balaban J connectivity index is 3.23. The SMILES string of the molecule is CC=Cc1cc(C)[n+](C)cc1C. The van der Waals surface area contributed by atoms with Crippen LogP contribution in [-0.4, -0.2) is 0 Å². The largest absolute Gasteiger partial charge is 0.205 e. The standard InChI is InChI=1S/C11H16N/c1-5-6-11-7-10(3)12(4)8-9(11)2/h5-8H,1-4H3/q+1. The molecule has 0 aromatic carbocycles. The maximum Gasteiger partial charge on any atom is 0.178 e. The molecular weight excluding hydrogens is 146 g/mol. The molecule has 0 spiro atoms. The van der Waals surface area contributed by atoms with E-state index in [0.29, 0.717) is 0 Å². The quantitative estimate of drug-likeness (QED) is 0.557. The van der Waals surface area contributed by atoms with Crippen molar-refractivity contribution in [2.75, 3.05) is 0 Å². The van der Waals surface area contributed by atoms with Gasteiger partial charge in [0.05, 0.1) is 0 Å². The Morgan fingerprint density at radius 1 is 1.33 bits per heavy atom. The molecule has 0 N–H and O–H groups in total. The Hall–Kier alpha value is -1.11. The van der Waals surface area contributed by atoms with Crippen molar-refractivity contribution in [1.82, 2.24) is 0 Å². The molecule has 0 saturated carbocycles. The second-order valence-corrected chi connectivity index (χ2v) is 3.16. The van der Waals surface area contributed by atoms with Crippen molar-refractivity contribution in [3.63, 3.8) is 0 Å². The molecule has 64 valence electrons. The van der Waals surface area contributed by atoms with Gasteiger partial charge in [-0.05, 0) is 19.4 Å². The van der Waals surface area contributed by atoms with Crippen LogP contribution in [0.2, 0.25) is 0 Å². The summed E-state index contributed by atoms with van der Waals surface area (Å²) in [5.41, 5.74) is 3.92. The van der Waals surface area contributed by atoms with Gasteiger partial charge in [0.1, 0.15) is 7.05 Å². The van der Waals surface area contributed by atoms with Gasteiger partial charge in [-0.15, -0.1) is 0 Å². The van der Waals surface area contributed by atoms with Gasteiger partial charge >= 0.3 is 0 Å². The Morgan fingerprint density at radius 2 is 2.00 bits per heavy atom. The van der Waals surface area contributed by atoms with Crippen LogP contribution in [0.25, 0.3) is 6.08 Å². The normalized spacial score (nSPS) is 11.0. The van der Waals surface area contributed by atoms with Gasteiger partial charge in [-0.25, -0.2) is 4.57 Å². The van der Waals surface area contributed by atoms with Gasteiger partial charge in [0.25, 0.3) is 0 Å². The lowest BCUT2D eigenvalue weighted by molar-refractivity contribution is -0.678. The van der Waals surface area contributed by atoms with E-state index in [1.807, 2.05) is 6.92 Å². The highest BCUT2D eigenvalue weighted by Crippen LogP contribution is 2.08. The summed E-state index contributed by atoms with van der Waals surface area (Å²) < 4.78 is 2.14. The molecule has 0 unspecified atom stereocenters. The summed E-state index contributed by atoms with van der Waals surface area (Å²) in [5.74, 6) is 0. The van der Waals surface area contributed by atoms with E-state index in [2.05, 4.69) is 49.9 Å². The van der Waals surface area contributed by atoms with E-state index in [-0.39, 0.29) is 0 Å². The Morgan fingerprint density at radius 3 is 2.58 bits per heavy atom. The molecule has 1 heteroatoms. The first-order valence-corrected chi connectivity index (χ1v) is 4.24. The lowest BCUT2D eigenvalue weighted by Crippen LogP contribution is -2.31. The van der Waals surface area contributed by atoms with Crippen LogP contribution in [0, 0.1) is 13.8 Å². The molecule has 1 heterocycles. The molecule has 1 rings (SSSR count). The number of allylic oxidation sites excluding steroid dienone is 1. The number of aromatic nitrogens is 1. The highest BCUT2D eigenvalue weighted by atomic mass is 14.9. The predicted octanol–water partition coefficient (Wildman–Crippen LogP) is 2.16. The molecule has 0 atom stereocenters. The van der Waals surface area contributed by atoms with E-state index in [1.54, 1.807) is 0 Å². The van der Waals surface area contributed by atoms with Crippen LogP contribution in [0.1, 0.15) is 23.7 Å². The second kappa shape index (κ2) is 3.53. The Bertz CT molecular complexity index is 311. The highest BCUT2D eigenvalue weighted by molar-refractivity contribution is 5.51. The van der Waals surface area contributed by atoms with Gasteiger partial charge in [0, 0.05) is 18.6 Å². The van der Waals surface area contributed by atoms with Gasteiger partial charge in [-0.3, -0.25) is 0 Å². The first kappa shape index (κ1) is 8.98. The molecule has 1 aromatic heterocycles. The second-order valence-electron chi connectivity index (χ2n) is 3.16. The molecule has 0 aliphatic rings. The molecule has 0 aliphatic carbocycles. The van der Waals surface area contributed by atoms with Crippen molar-refractivity contribution in [3.05, 3.63) is 35.2 Å². The summed E-state index contributed by atoms with van der Waals surface area (Å²) in [7, 11) is 2.07. The molecule has 0 aliphatic heterocycles. The van der Waals surface area contributed by atoms with Crippen molar-refractivity contribution < 1.29 is 4.57 Å². The molecule has 0 radical (unpaired) electrons. The molecule has 0 saturated heterocycles. The zero-order valence-electron chi connectivity index (χ0n) is 8.26. The van der Waals surface area contributed by atoms with Crippen molar-refractivity contribution in [3.8, 4) is 0 Å². The summed E-state index contributed by atoms with van der Waals surface area (Å²) in [4.78, 5) is 0. The fourth-order valence-corrected chi connectivity index (χ4v) is 1.27. The maximum atomic E-state index is 2.20. The zero-order valence-corrected chi connectivity index (χ0v) is 8.26. The molecule has 0 fully saturated rings. The van der Waals surface area contributed by atoms with Gasteiger partial charge in [0.15, 0.2) is 11.9 Å². The minimum atomic E-state index is 1.29. The average Bonchev–Trinajstić information content (AvgIpc) is 2.01. The van der Waals surface area contributed by atoms with Crippen LogP contribution < -0.4 is 4.57 Å². The summed E-state index contributed by atoms with van der Waals surface area (Å²) in [6.07, 6.45) is 6.37. The van der Waals surface area contributed by atoms with Crippen LogP contribution in [-0.2, 0) is 7.05 Å². The fraction of sp³-hybridized carbons (Fsp3) is 0.364. The number of pyridine rings is 1. The van der Waals surface area contributed by atoms with E-state index < -0.39 is 0 Å². The number of hydrogen-bond acceptors (Lipinski definition) is 0. The molecule has 1 nitrogen and oxygen atoms in total. The number of hydrogen-bond donors (Lipinski definition) is 0. The predicted molar refractivity (Wildman–Crippen MR) is 51.8 cm³/mol. The first-order valence-electron chi connectivity index (χ1n) is 4.24. The molecule has 12 heavy (non-hydrogen) atoms. The van der Waals surface area contributed by atoms with Crippen LogP contribution in [0.3, 0.4) is 0 Å². The third kappa shape index (κ3) is 1.73. The first-order chi connectivity index (χ1) is 5.65. The summed E-state index contributed by atoms with van der Waals surface area (Å²) >= 11 is 0. The van der Waals surface area contributed by atoms with Crippen LogP contribution in [0.5, 0.6) is 0 Å². The monoisotopic (exact) mass is 162 g/mol. The maximum absolute atomic E-state index is 2.20. The van der Waals surface area contributed by atoms with E-state index >= 15 is 0 Å². The van der Waals surface area contributed by atoms with Gasteiger partial charge in [-0.2, -0.15) is 0 Å². The van der Waals surface area contributed by atoms with Gasteiger partial charge < -0.3 is 0 Å². The summed E-state index contributed by atoms with van der Waals surface area (Å²) in [5, 5.41) is 0. The lowest BCUT2D eigenvalue weighted by Gasteiger charge is -1.99. The number of rotatable bonds is 1. The van der Waals surface area contributed by atoms with Crippen LogP contribution >= 0.6 is 0 Å². The minimum Gasteiger partial charge on any atom is -0.205 e. The lowest BCUT2D eigenvalue weighted by atomic mass is 10.1. The van der Waals surface area contributed by atoms with E-state index in [0.717, 1.165) is 0 Å². The van der Waals surface area contributed by atoms with Gasteiger partial charge in [0.2, 0.25) is 0 Å². The van der Waals surface area contributed by atoms with Crippen LogP contribution in [0.4, 0.5) is 0 Å². The van der Waals surface area contributed by atoms with E-state index in [9.17, 15) is 0 Å². The van der Waals surface area contributed by atoms with Crippen LogP contribution in [0.15, 0.2) is 18.3 Å². The molecule has 1 aromatic rings. The molecule has 0 bridgehead atoms. The third-order valence-electron chi connectivity index (χ3n) is 2.11. The zero-order chi connectivity index (χ0) is 9.14. The Labute approximate surface area is 74.4 Å². The van der Waals surface area contributed by atoms with E-state index in [1.165, 1.54) is 16.8 Å². The minimum absolute atomic E-state index is 1.29.